The standard InChI is InChI=1S/C16H27N5O8S/c1-7(19-14(26)8(17)5-12(23)24)13(25)21-10(6-11(18)22)15(27)20-9(16(28)29)3-4-30-2/h7-10H,3-6,17H2,1-2H3,(H2,18,22)(H,19,26)(H,20,27)(H,21,25)(H,23,24)(H,28,29). The van der Waals surface area contributed by atoms with E-state index >= 15 is 0 Å². The number of rotatable bonds is 14. The summed E-state index contributed by atoms with van der Waals surface area (Å²) in [4.78, 5) is 69.6. The van der Waals surface area contributed by atoms with E-state index in [1.807, 2.05) is 0 Å². The number of amides is 4. The van der Waals surface area contributed by atoms with Crippen LogP contribution < -0.4 is 27.4 Å². The summed E-state index contributed by atoms with van der Waals surface area (Å²) >= 11 is 1.37. The maximum absolute atomic E-state index is 12.4. The molecule has 0 saturated heterocycles. The van der Waals surface area contributed by atoms with Gasteiger partial charge in [0.05, 0.1) is 18.9 Å². The van der Waals surface area contributed by atoms with Gasteiger partial charge in [-0.05, 0) is 25.4 Å². The van der Waals surface area contributed by atoms with Crippen molar-refractivity contribution < 1.29 is 39.0 Å². The van der Waals surface area contributed by atoms with Gasteiger partial charge in [0, 0.05) is 0 Å². The molecule has 4 atom stereocenters. The first-order valence-corrected chi connectivity index (χ1v) is 10.2. The van der Waals surface area contributed by atoms with Crippen LogP contribution in [0.1, 0.15) is 26.2 Å². The van der Waals surface area contributed by atoms with Gasteiger partial charge in [-0.25, -0.2) is 4.79 Å². The molecule has 30 heavy (non-hydrogen) atoms. The number of nitrogens with one attached hydrogen (secondary N) is 3. The number of hydrogen-bond donors (Lipinski definition) is 7. The number of nitrogens with two attached hydrogens (primary N) is 2. The molecule has 0 rings (SSSR count). The monoisotopic (exact) mass is 449 g/mol. The first kappa shape index (κ1) is 27.1. The van der Waals surface area contributed by atoms with Gasteiger partial charge in [-0.1, -0.05) is 0 Å². The Morgan fingerprint density at radius 1 is 0.900 bits per heavy atom. The number of primary amides is 1. The highest BCUT2D eigenvalue weighted by Gasteiger charge is 2.29. The van der Waals surface area contributed by atoms with Gasteiger partial charge in [-0.3, -0.25) is 24.0 Å². The lowest BCUT2D eigenvalue weighted by Gasteiger charge is -2.23. The lowest BCUT2D eigenvalue weighted by molar-refractivity contribution is -0.142. The van der Waals surface area contributed by atoms with E-state index in [0.29, 0.717) is 5.75 Å². The largest absolute Gasteiger partial charge is 0.481 e. The Kier molecular flexibility index (Phi) is 12.1. The molecule has 0 aromatic carbocycles. The molecule has 0 aliphatic rings. The molecule has 0 aromatic rings. The van der Waals surface area contributed by atoms with E-state index in [1.165, 1.54) is 18.7 Å². The zero-order valence-corrected chi connectivity index (χ0v) is 17.4. The Bertz CT molecular complexity index is 674. The van der Waals surface area contributed by atoms with E-state index in [1.54, 1.807) is 6.26 Å². The van der Waals surface area contributed by atoms with Crippen molar-refractivity contribution in [1.29, 1.82) is 0 Å². The minimum absolute atomic E-state index is 0.118. The second kappa shape index (κ2) is 13.4. The maximum atomic E-state index is 12.4. The number of carbonyl (C=O) groups is 6. The van der Waals surface area contributed by atoms with Crippen molar-refractivity contribution in [2.75, 3.05) is 12.0 Å². The van der Waals surface area contributed by atoms with E-state index < -0.39 is 72.6 Å². The smallest absolute Gasteiger partial charge is 0.326 e. The molecule has 13 nitrogen and oxygen atoms in total. The molecule has 0 aliphatic heterocycles. The highest BCUT2D eigenvalue weighted by molar-refractivity contribution is 7.98. The van der Waals surface area contributed by atoms with Crippen molar-refractivity contribution in [3.63, 3.8) is 0 Å². The number of carboxylic acid groups (broad SMARTS) is 2. The van der Waals surface area contributed by atoms with Gasteiger partial charge >= 0.3 is 11.9 Å². The summed E-state index contributed by atoms with van der Waals surface area (Å²) in [5.74, 6) is -5.79. The van der Waals surface area contributed by atoms with Crippen molar-refractivity contribution in [1.82, 2.24) is 16.0 Å². The van der Waals surface area contributed by atoms with Crippen molar-refractivity contribution in [3.8, 4) is 0 Å². The Hall–Kier alpha value is -2.87. The summed E-state index contributed by atoms with van der Waals surface area (Å²) in [6.07, 6.45) is 0.618. The molecule has 4 unspecified atom stereocenters. The highest BCUT2D eigenvalue weighted by atomic mass is 32.2. The molecule has 0 heterocycles. The van der Waals surface area contributed by atoms with E-state index in [4.69, 9.17) is 16.6 Å². The van der Waals surface area contributed by atoms with Gasteiger partial charge in [0.1, 0.15) is 18.1 Å². The van der Waals surface area contributed by atoms with Gasteiger partial charge in [-0.15, -0.1) is 0 Å². The Balaban J connectivity index is 5.09. The third kappa shape index (κ3) is 10.6. The topological polar surface area (TPSA) is 231 Å². The quantitative estimate of drug-likeness (QED) is 0.142. The number of carbonyl (C=O) groups excluding carboxylic acids is 4. The molecule has 14 heteroatoms. The van der Waals surface area contributed by atoms with Crippen LogP contribution in [0.3, 0.4) is 0 Å². The summed E-state index contributed by atoms with van der Waals surface area (Å²) in [6.45, 7) is 1.25. The Morgan fingerprint density at radius 2 is 1.47 bits per heavy atom. The predicted molar refractivity (Wildman–Crippen MR) is 106 cm³/mol. The van der Waals surface area contributed by atoms with Crippen molar-refractivity contribution in [2.45, 2.75) is 50.4 Å². The lowest BCUT2D eigenvalue weighted by Crippen LogP contribution is -2.57. The van der Waals surface area contributed by atoms with Gasteiger partial charge in [-0.2, -0.15) is 11.8 Å². The van der Waals surface area contributed by atoms with Crippen LogP contribution in [0.25, 0.3) is 0 Å². The SMILES string of the molecule is CSCCC(NC(=O)C(CC(N)=O)NC(=O)C(C)NC(=O)C(N)CC(=O)O)C(=O)O. The van der Waals surface area contributed by atoms with E-state index in [0.717, 1.165) is 0 Å². The van der Waals surface area contributed by atoms with Crippen LogP contribution in [0, 0.1) is 0 Å². The summed E-state index contributed by atoms with van der Waals surface area (Å²) in [5.41, 5.74) is 10.5. The molecule has 9 N–H and O–H groups in total. The molecule has 0 radical (unpaired) electrons. The molecule has 0 aromatic heterocycles. The molecular formula is C16H27N5O8S. The fourth-order valence-electron chi connectivity index (χ4n) is 2.14. The highest BCUT2D eigenvalue weighted by Crippen LogP contribution is 2.03. The summed E-state index contributed by atoms with van der Waals surface area (Å²) < 4.78 is 0. The molecular weight excluding hydrogens is 422 g/mol. The van der Waals surface area contributed by atoms with Crippen LogP contribution in [-0.4, -0.2) is 82.0 Å². The van der Waals surface area contributed by atoms with Crippen molar-refractivity contribution in [2.24, 2.45) is 11.5 Å². The van der Waals surface area contributed by atoms with Crippen LogP contribution >= 0.6 is 11.8 Å². The van der Waals surface area contributed by atoms with Crippen LogP contribution in [0.4, 0.5) is 0 Å². The zero-order valence-electron chi connectivity index (χ0n) is 16.5. The fraction of sp³-hybridized carbons (Fsp3) is 0.625. The molecule has 0 bridgehead atoms. The van der Waals surface area contributed by atoms with Gasteiger partial charge in [0.15, 0.2) is 0 Å². The maximum Gasteiger partial charge on any atom is 0.326 e. The predicted octanol–water partition coefficient (Wildman–Crippen LogP) is -3.02. The zero-order chi connectivity index (χ0) is 23.4. The summed E-state index contributed by atoms with van der Waals surface area (Å²) in [7, 11) is 0. The summed E-state index contributed by atoms with van der Waals surface area (Å²) in [5, 5.41) is 24.5. The second-order valence-electron chi connectivity index (χ2n) is 6.35. The van der Waals surface area contributed by atoms with Crippen molar-refractivity contribution >= 4 is 47.3 Å². The van der Waals surface area contributed by atoms with Gasteiger partial charge in [0.25, 0.3) is 0 Å². The molecule has 0 spiro atoms. The van der Waals surface area contributed by atoms with Gasteiger partial charge < -0.3 is 37.6 Å². The third-order valence-electron chi connectivity index (χ3n) is 3.75. The average Bonchev–Trinajstić information content (AvgIpc) is 2.62. The number of carboxylic acids is 2. The average molecular weight is 449 g/mol. The van der Waals surface area contributed by atoms with E-state index in [9.17, 15) is 33.9 Å². The van der Waals surface area contributed by atoms with Crippen LogP contribution in [0.15, 0.2) is 0 Å². The van der Waals surface area contributed by atoms with Crippen molar-refractivity contribution in [3.05, 3.63) is 0 Å². The van der Waals surface area contributed by atoms with E-state index in [-0.39, 0.29) is 6.42 Å². The second-order valence-corrected chi connectivity index (χ2v) is 7.33. The lowest BCUT2D eigenvalue weighted by atomic mass is 10.1. The minimum Gasteiger partial charge on any atom is -0.481 e. The fourth-order valence-corrected chi connectivity index (χ4v) is 2.61. The summed E-state index contributed by atoms with van der Waals surface area (Å²) in [6, 6.07) is -5.33. The first-order valence-electron chi connectivity index (χ1n) is 8.77. The first-order chi connectivity index (χ1) is 13.9. The molecule has 0 aliphatic carbocycles. The Morgan fingerprint density at radius 3 is 1.93 bits per heavy atom. The third-order valence-corrected chi connectivity index (χ3v) is 4.39. The number of thioether (sulfide) groups is 1. The molecule has 0 fully saturated rings. The normalized spacial score (nSPS) is 14.5. The molecule has 0 saturated carbocycles. The number of hydrogen-bond acceptors (Lipinski definition) is 8. The van der Waals surface area contributed by atoms with Crippen LogP contribution in [0.5, 0.6) is 0 Å². The number of aliphatic carboxylic acids is 2. The molecule has 4 amide bonds. The van der Waals surface area contributed by atoms with Gasteiger partial charge in [0.2, 0.25) is 23.6 Å². The van der Waals surface area contributed by atoms with E-state index in [2.05, 4.69) is 16.0 Å². The van der Waals surface area contributed by atoms with Crippen LogP contribution in [0.2, 0.25) is 0 Å². The minimum atomic E-state index is -1.47. The van der Waals surface area contributed by atoms with Crippen LogP contribution in [-0.2, 0) is 28.8 Å². The molecule has 170 valence electrons. The Labute approximate surface area is 176 Å².